The molecule has 0 unspecified atom stereocenters. The van der Waals surface area contributed by atoms with Crippen molar-refractivity contribution in [2.24, 2.45) is 0 Å². The standard InChI is InChI=1S/C23H24N4O5S2/c1-15(28)24-16-7-9-17(10-8-16)25-22(30)14-33-12-18-13-34-23(26-18)27-21(29)11-32-20-6-4-3-5-19(20)31-2/h3-10,13H,11-12,14H2,1-2H3,(H,24,28)(H,25,30)(H,26,27,29). The molecule has 0 aliphatic heterocycles. The number of benzene rings is 2. The summed E-state index contributed by atoms with van der Waals surface area (Å²) in [4.78, 5) is 39.7. The van der Waals surface area contributed by atoms with Crippen LogP contribution in [-0.2, 0) is 20.1 Å². The van der Waals surface area contributed by atoms with E-state index in [1.807, 2.05) is 11.4 Å². The van der Waals surface area contributed by atoms with Gasteiger partial charge in [0.15, 0.2) is 23.2 Å². The molecule has 178 valence electrons. The van der Waals surface area contributed by atoms with E-state index >= 15 is 0 Å². The first-order valence-corrected chi connectivity index (χ1v) is 12.2. The summed E-state index contributed by atoms with van der Waals surface area (Å²) in [6, 6.07) is 14.0. The van der Waals surface area contributed by atoms with Crippen LogP contribution in [-0.4, -0.2) is 42.2 Å². The first kappa shape index (κ1) is 25.1. The summed E-state index contributed by atoms with van der Waals surface area (Å²) >= 11 is 2.72. The lowest BCUT2D eigenvalue weighted by Gasteiger charge is -2.09. The van der Waals surface area contributed by atoms with E-state index in [4.69, 9.17) is 9.47 Å². The number of para-hydroxylation sites is 2. The van der Waals surface area contributed by atoms with Gasteiger partial charge in [-0.05, 0) is 36.4 Å². The monoisotopic (exact) mass is 500 g/mol. The van der Waals surface area contributed by atoms with E-state index in [1.54, 1.807) is 42.5 Å². The van der Waals surface area contributed by atoms with Crippen molar-refractivity contribution in [2.75, 3.05) is 35.4 Å². The van der Waals surface area contributed by atoms with E-state index in [-0.39, 0.29) is 30.1 Å². The number of hydrogen-bond acceptors (Lipinski definition) is 8. The first-order chi connectivity index (χ1) is 16.4. The van der Waals surface area contributed by atoms with Gasteiger partial charge in [0.1, 0.15) is 0 Å². The fraction of sp³-hybridized carbons (Fsp3) is 0.217. The smallest absolute Gasteiger partial charge is 0.264 e. The van der Waals surface area contributed by atoms with E-state index < -0.39 is 0 Å². The Labute approximate surface area is 205 Å². The number of carbonyl (C=O) groups excluding carboxylic acids is 3. The fourth-order valence-corrected chi connectivity index (χ4v) is 4.30. The van der Waals surface area contributed by atoms with Crippen LogP contribution in [0.1, 0.15) is 12.6 Å². The fourth-order valence-electron chi connectivity index (χ4n) is 2.75. The Kier molecular flexibility index (Phi) is 9.30. The number of hydrogen-bond donors (Lipinski definition) is 3. The van der Waals surface area contributed by atoms with Crippen LogP contribution in [0.15, 0.2) is 53.9 Å². The van der Waals surface area contributed by atoms with Gasteiger partial charge in [0, 0.05) is 29.4 Å². The van der Waals surface area contributed by atoms with Crippen molar-refractivity contribution in [1.82, 2.24) is 4.98 Å². The number of thioether (sulfide) groups is 1. The number of anilines is 3. The predicted molar refractivity (Wildman–Crippen MR) is 135 cm³/mol. The first-order valence-electron chi connectivity index (χ1n) is 10.2. The molecule has 3 N–H and O–H groups in total. The molecule has 0 aliphatic rings. The Morgan fingerprint density at radius 1 is 0.941 bits per heavy atom. The largest absolute Gasteiger partial charge is 0.493 e. The maximum atomic E-state index is 12.2. The lowest BCUT2D eigenvalue weighted by atomic mass is 10.3. The summed E-state index contributed by atoms with van der Waals surface area (Å²) in [6.45, 7) is 1.26. The zero-order valence-electron chi connectivity index (χ0n) is 18.6. The molecule has 1 heterocycles. The van der Waals surface area contributed by atoms with Gasteiger partial charge < -0.3 is 20.1 Å². The van der Waals surface area contributed by atoms with E-state index in [9.17, 15) is 14.4 Å². The SMILES string of the molecule is COc1ccccc1OCC(=O)Nc1nc(CSCC(=O)Nc2ccc(NC(C)=O)cc2)cs1. The van der Waals surface area contributed by atoms with Gasteiger partial charge in [-0.1, -0.05) is 12.1 Å². The number of aromatic nitrogens is 1. The zero-order valence-corrected chi connectivity index (χ0v) is 20.3. The third-order valence-corrected chi connectivity index (χ3v) is 5.97. The number of thiazole rings is 1. The number of carbonyl (C=O) groups is 3. The molecule has 3 rings (SSSR count). The number of ether oxygens (including phenoxy) is 2. The highest BCUT2D eigenvalue weighted by Crippen LogP contribution is 2.26. The lowest BCUT2D eigenvalue weighted by Crippen LogP contribution is -2.20. The van der Waals surface area contributed by atoms with Gasteiger partial charge in [-0.2, -0.15) is 0 Å². The Balaban J connectivity index is 1.37. The molecule has 0 radical (unpaired) electrons. The molecule has 0 aliphatic carbocycles. The van der Waals surface area contributed by atoms with Crippen molar-refractivity contribution in [2.45, 2.75) is 12.7 Å². The van der Waals surface area contributed by atoms with Crippen LogP contribution in [0.3, 0.4) is 0 Å². The normalized spacial score (nSPS) is 10.3. The molecule has 1 aromatic heterocycles. The minimum atomic E-state index is -0.330. The average Bonchev–Trinajstić information content (AvgIpc) is 3.25. The van der Waals surface area contributed by atoms with Crippen LogP contribution in [0.2, 0.25) is 0 Å². The second-order valence-corrected chi connectivity index (χ2v) is 8.77. The molecule has 0 atom stereocenters. The number of amides is 3. The molecule has 34 heavy (non-hydrogen) atoms. The Morgan fingerprint density at radius 3 is 2.29 bits per heavy atom. The maximum Gasteiger partial charge on any atom is 0.264 e. The minimum absolute atomic E-state index is 0.144. The Hall–Kier alpha value is -3.57. The van der Waals surface area contributed by atoms with Gasteiger partial charge in [0.2, 0.25) is 11.8 Å². The third kappa shape index (κ3) is 8.09. The van der Waals surface area contributed by atoms with E-state index in [2.05, 4.69) is 20.9 Å². The van der Waals surface area contributed by atoms with E-state index in [0.29, 0.717) is 33.8 Å². The molecule has 0 saturated heterocycles. The summed E-state index contributed by atoms with van der Waals surface area (Å²) < 4.78 is 10.7. The summed E-state index contributed by atoms with van der Waals surface area (Å²) in [5.74, 6) is 1.18. The van der Waals surface area contributed by atoms with Crippen molar-refractivity contribution in [1.29, 1.82) is 0 Å². The molecular weight excluding hydrogens is 476 g/mol. The van der Waals surface area contributed by atoms with Crippen LogP contribution in [0.25, 0.3) is 0 Å². The molecule has 0 saturated carbocycles. The molecule has 9 nitrogen and oxygen atoms in total. The van der Waals surface area contributed by atoms with Crippen molar-refractivity contribution in [3.63, 3.8) is 0 Å². The topological polar surface area (TPSA) is 119 Å². The Morgan fingerprint density at radius 2 is 1.62 bits per heavy atom. The van der Waals surface area contributed by atoms with Crippen molar-refractivity contribution in [3.8, 4) is 11.5 Å². The molecule has 11 heteroatoms. The van der Waals surface area contributed by atoms with Gasteiger partial charge in [-0.15, -0.1) is 23.1 Å². The summed E-state index contributed by atoms with van der Waals surface area (Å²) in [6.07, 6.45) is 0. The minimum Gasteiger partial charge on any atom is -0.493 e. The van der Waals surface area contributed by atoms with E-state index in [1.165, 1.54) is 37.1 Å². The number of methoxy groups -OCH3 is 1. The predicted octanol–water partition coefficient (Wildman–Crippen LogP) is 4.00. The van der Waals surface area contributed by atoms with Crippen molar-refractivity contribution >= 4 is 57.3 Å². The zero-order chi connectivity index (χ0) is 24.3. The molecule has 0 bridgehead atoms. The van der Waals surface area contributed by atoms with E-state index in [0.717, 1.165) is 5.69 Å². The number of nitrogens with one attached hydrogen (secondary N) is 3. The van der Waals surface area contributed by atoms with Crippen LogP contribution >= 0.6 is 23.1 Å². The van der Waals surface area contributed by atoms with Gasteiger partial charge in [0.25, 0.3) is 5.91 Å². The van der Waals surface area contributed by atoms with Crippen molar-refractivity contribution in [3.05, 3.63) is 59.6 Å². The van der Waals surface area contributed by atoms with Crippen LogP contribution < -0.4 is 25.4 Å². The molecule has 0 spiro atoms. The quantitative estimate of drug-likeness (QED) is 0.364. The number of nitrogens with zero attached hydrogens (tertiary/aromatic N) is 1. The highest BCUT2D eigenvalue weighted by molar-refractivity contribution is 7.99. The van der Waals surface area contributed by atoms with Gasteiger partial charge >= 0.3 is 0 Å². The van der Waals surface area contributed by atoms with Gasteiger partial charge in [-0.25, -0.2) is 4.98 Å². The third-order valence-electron chi connectivity index (χ3n) is 4.20. The summed E-state index contributed by atoms with van der Waals surface area (Å²) in [5, 5.41) is 10.5. The molecular formula is C23H24N4O5S2. The molecule has 3 amide bonds. The second kappa shape index (κ2) is 12.6. The van der Waals surface area contributed by atoms with Crippen molar-refractivity contribution < 1.29 is 23.9 Å². The molecule has 3 aromatic rings. The highest BCUT2D eigenvalue weighted by Gasteiger charge is 2.10. The summed E-state index contributed by atoms with van der Waals surface area (Å²) in [5.41, 5.74) is 2.08. The molecule has 2 aromatic carbocycles. The average molecular weight is 501 g/mol. The molecule has 0 fully saturated rings. The maximum absolute atomic E-state index is 12.2. The van der Waals surface area contributed by atoms with Gasteiger partial charge in [-0.3, -0.25) is 19.7 Å². The Bertz CT molecular complexity index is 1130. The van der Waals surface area contributed by atoms with Crippen LogP contribution in [0, 0.1) is 0 Å². The van der Waals surface area contributed by atoms with Crippen LogP contribution in [0.5, 0.6) is 11.5 Å². The highest BCUT2D eigenvalue weighted by atomic mass is 32.2. The van der Waals surface area contributed by atoms with Gasteiger partial charge in [0.05, 0.1) is 18.6 Å². The lowest BCUT2D eigenvalue weighted by molar-refractivity contribution is -0.118. The number of rotatable bonds is 11. The van der Waals surface area contributed by atoms with Crippen LogP contribution in [0.4, 0.5) is 16.5 Å². The second-order valence-electron chi connectivity index (χ2n) is 6.93. The summed E-state index contributed by atoms with van der Waals surface area (Å²) in [7, 11) is 1.54.